The van der Waals surface area contributed by atoms with Gasteiger partial charge in [-0.2, -0.15) is 0 Å². The zero-order valence-corrected chi connectivity index (χ0v) is 10.3. The van der Waals surface area contributed by atoms with E-state index in [1.165, 1.54) is 12.2 Å². The molecule has 17 heavy (non-hydrogen) atoms. The molecule has 0 amide bonds. The predicted octanol–water partition coefficient (Wildman–Crippen LogP) is 2.16. The summed E-state index contributed by atoms with van der Waals surface area (Å²) in [5.41, 5.74) is 3.75. The normalized spacial score (nSPS) is 21.1. The molecule has 1 saturated carbocycles. The molecule has 1 aliphatic rings. The van der Waals surface area contributed by atoms with Crippen LogP contribution in [0, 0.1) is 5.92 Å². The Kier molecular flexibility index (Phi) is 4.46. The maximum atomic E-state index is 11.5. The summed E-state index contributed by atoms with van der Waals surface area (Å²) >= 11 is 0. The zero-order valence-electron chi connectivity index (χ0n) is 10.3. The van der Waals surface area contributed by atoms with E-state index in [-0.39, 0.29) is 19.1 Å². The quantitative estimate of drug-likeness (QED) is 0.460. The second-order valence-electron chi connectivity index (χ2n) is 4.15. The van der Waals surface area contributed by atoms with Crippen LogP contribution < -0.4 is 0 Å². The van der Waals surface area contributed by atoms with Gasteiger partial charge < -0.3 is 9.84 Å². The second-order valence-corrected chi connectivity index (χ2v) is 4.15. The van der Waals surface area contributed by atoms with Crippen LogP contribution in [0.2, 0.25) is 0 Å². The molecule has 0 saturated heterocycles. The van der Waals surface area contributed by atoms with Gasteiger partial charge in [0.2, 0.25) is 0 Å². The van der Waals surface area contributed by atoms with E-state index in [1.807, 2.05) is 13.8 Å². The van der Waals surface area contributed by atoms with Crippen molar-refractivity contribution in [3.63, 3.8) is 0 Å². The minimum atomic E-state index is -0.412. The molecular weight excluding hydrogens is 216 g/mol. The third kappa shape index (κ3) is 2.74. The molecule has 1 rings (SSSR count). The highest BCUT2D eigenvalue weighted by Gasteiger charge is 2.34. The minimum absolute atomic E-state index is 0.0316. The summed E-state index contributed by atoms with van der Waals surface area (Å²) < 4.78 is 4.89. The van der Waals surface area contributed by atoms with Gasteiger partial charge in [-0.15, -0.1) is 0 Å². The van der Waals surface area contributed by atoms with E-state index in [1.54, 1.807) is 0 Å². The molecule has 0 aromatic carbocycles. The number of hydrogen-bond donors (Lipinski definition) is 1. The molecule has 1 N–H and O–H groups in total. The third-order valence-electron chi connectivity index (χ3n) is 2.71. The Bertz CT molecular complexity index is 409. The lowest BCUT2D eigenvalue weighted by Crippen LogP contribution is -2.27. The van der Waals surface area contributed by atoms with Crippen molar-refractivity contribution in [2.24, 2.45) is 5.92 Å². The summed E-state index contributed by atoms with van der Waals surface area (Å²) in [4.78, 5) is 11.5. The first kappa shape index (κ1) is 13.5. The van der Waals surface area contributed by atoms with E-state index in [4.69, 9.17) is 4.74 Å². The van der Waals surface area contributed by atoms with Crippen LogP contribution in [0.1, 0.15) is 13.8 Å². The van der Waals surface area contributed by atoms with Gasteiger partial charge in [-0.25, -0.2) is 4.79 Å². The van der Waals surface area contributed by atoms with Crippen LogP contribution in [0.5, 0.6) is 0 Å². The smallest absolute Gasteiger partial charge is 0.331 e. The predicted molar refractivity (Wildman–Crippen MR) is 67.3 cm³/mol. The van der Waals surface area contributed by atoms with Crippen molar-refractivity contribution < 1.29 is 14.6 Å². The van der Waals surface area contributed by atoms with Crippen LogP contribution in [-0.2, 0) is 9.53 Å². The Labute approximate surface area is 102 Å². The zero-order chi connectivity index (χ0) is 13.0. The number of ether oxygens (including phenoxy) is 1. The summed E-state index contributed by atoms with van der Waals surface area (Å²) in [7, 11) is 0. The molecule has 3 heteroatoms. The summed E-state index contributed by atoms with van der Waals surface area (Å²) in [6, 6.07) is 0. The van der Waals surface area contributed by atoms with Crippen molar-refractivity contribution >= 4 is 5.97 Å². The van der Waals surface area contributed by atoms with Crippen LogP contribution in [0.3, 0.4) is 0 Å². The van der Waals surface area contributed by atoms with Crippen molar-refractivity contribution in [3.05, 3.63) is 47.6 Å². The summed E-state index contributed by atoms with van der Waals surface area (Å²) in [5.74, 6) is -0.555. The third-order valence-corrected chi connectivity index (χ3v) is 2.71. The summed E-state index contributed by atoms with van der Waals surface area (Å²) in [6.45, 7) is 11.5. The first-order valence-electron chi connectivity index (χ1n) is 5.50. The average Bonchev–Trinajstić information content (AvgIpc) is 2.25. The topological polar surface area (TPSA) is 46.5 Å². The maximum Gasteiger partial charge on any atom is 0.331 e. The molecule has 0 bridgehead atoms. The number of esters is 1. The maximum absolute atomic E-state index is 11.5. The molecule has 3 nitrogen and oxygen atoms in total. The van der Waals surface area contributed by atoms with Crippen molar-refractivity contribution in [2.75, 3.05) is 13.2 Å². The van der Waals surface area contributed by atoms with Gasteiger partial charge in [0.05, 0.1) is 6.61 Å². The largest absolute Gasteiger partial charge is 0.458 e. The Morgan fingerprint density at radius 3 is 2.65 bits per heavy atom. The van der Waals surface area contributed by atoms with Gasteiger partial charge in [0.1, 0.15) is 6.61 Å². The minimum Gasteiger partial charge on any atom is -0.458 e. The van der Waals surface area contributed by atoms with Gasteiger partial charge in [0.25, 0.3) is 0 Å². The summed E-state index contributed by atoms with van der Waals surface area (Å²) in [5, 5.41) is 9.22. The number of allylic oxidation sites excluding steroid dienone is 2. The Morgan fingerprint density at radius 1 is 1.53 bits per heavy atom. The molecule has 0 heterocycles. The molecule has 1 unspecified atom stereocenters. The lowest BCUT2D eigenvalue weighted by atomic mass is 9.69. The lowest BCUT2D eigenvalue weighted by Gasteiger charge is -2.36. The van der Waals surface area contributed by atoms with Gasteiger partial charge in [0, 0.05) is 12.0 Å². The Hall–Kier alpha value is -1.61. The van der Waals surface area contributed by atoms with Crippen LogP contribution >= 0.6 is 0 Å². The van der Waals surface area contributed by atoms with E-state index >= 15 is 0 Å². The number of rotatable bonds is 4. The number of carbonyl (C=O) groups excluding carboxylic acids is 1. The molecule has 1 atom stereocenters. The summed E-state index contributed by atoms with van der Waals surface area (Å²) in [6.07, 6.45) is 2.95. The molecular formula is C14H18O3. The molecule has 0 aromatic rings. The molecule has 92 valence electrons. The molecule has 0 aliphatic heterocycles. The van der Waals surface area contributed by atoms with Crippen molar-refractivity contribution in [1.82, 2.24) is 0 Å². The van der Waals surface area contributed by atoms with Gasteiger partial charge in [-0.3, -0.25) is 0 Å². The van der Waals surface area contributed by atoms with Crippen molar-refractivity contribution in [3.8, 4) is 0 Å². The van der Waals surface area contributed by atoms with Crippen molar-refractivity contribution in [1.29, 1.82) is 0 Å². The molecule has 0 aromatic heterocycles. The molecule has 1 aliphatic carbocycles. The van der Waals surface area contributed by atoms with E-state index in [0.717, 1.165) is 22.3 Å². The highest BCUT2D eigenvalue weighted by molar-refractivity contribution is 5.86. The number of aliphatic hydroxyl groups excluding tert-OH is 1. The Balaban J connectivity index is 2.90. The fourth-order valence-corrected chi connectivity index (χ4v) is 1.94. The Morgan fingerprint density at radius 2 is 2.18 bits per heavy atom. The van der Waals surface area contributed by atoms with Crippen LogP contribution in [0.25, 0.3) is 0 Å². The first-order valence-corrected chi connectivity index (χ1v) is 5.50. The van der Waals surface area contributed by atoms with E-state index in [9.17, 15) is 9.90 Å². The molecule has 0 spiro atoms. The van der Waals surface area contributed by atoms with Gasteiger partial charge in [-0.05, 0) is 30.6 Å². The number of aliphatic hydroxyl groups is 1. The molecule has 1 fully saturated rings. The first-order chi connectivity index (χ1) is 8.02. The number of hydrogen-bond acceptors (Lipinski definition) is 3. The fourth-order valence-electron chi connectivity index (χ4n) is 1.94. The van der Waals surface area contributed by atoms with E-state index < -0.39 is 5.97 Å². The average molecular weight is 234 g/mol. The van der Waals surface area contributed by atoms with E-state index in [0.29, 0.717) is 0 Å². The standard InChI is InChI=1S/C14H18O3/c1-5-6-17-13(16)7-11-12(8-15)10(4)14(11)9(2)3/h5,7,12,15H,1,4,6,8H2,2-3H3. The van der Waals surface area contributed by atoms with Crippen LogP contribution in [0.15, 0.2) is 47.6 Å². The highest BCUT2D eigenvalue weighted by atomic mass is 16.5. The monoisotopic (exact) mass is 234 g/mol. The van der Waals surface area contributed by atoms with E-state index in [2.05, 4.69) is 13.2 Å². The SMILES string of the molecule is C=CCOC(=O)C=C1C(=C(C)C)C(=C)C1CO. The number of carbonyl (C=O) groups is 1. The van der Waals surface area contributed by atoms with Gasteiger partial charge in [0.15, 0.2) is 0 Å². The highest BCUT2D eigenvalue weighted by Crippen LogP contribution is 2.45. The van der Waals surface area contributed by atoms with Crippen LogP contribution in [-0.4, -0.2) is 24.3 Å². The van der Waals surface area contributed by atoms with Gasteiger partial charge in [-0.1, -0.05) is 24.8 Å². The molecule has 0 radical (unpaired) electrons. The van der Waals surface area contributed by atoms with Crippen molar-refractivity contribution in [2.45, 2.75) is 13.8 Å². The second kappa shape index (κ2) is 5.64. The lowest BCUT2D eigenvalue weighted by molar-refractivity contribution is -0.136. The van der Waals surface area contributed by atoms with Gasteiger partial charge >= 0.3 is 5.97 Å². The van der Waals surface area contributed by atoms with Crippen LogP contribution in [0.4, 0.5) is 0 Å². The fraction of sp³-hybridized carbons (Fsp3) is 0.357.